The van der Waals surface area contributed by atoms with Gasteiger partial charge in [0.15, 0.2) is 6.61 Å². The number of alkyl halides is 3. The van der Waals surface area contributed by atoms with Gasteiger partial charge >= 0.3 is 6.18 Å². The summed E-state index contributed by atoms with van der Waals surface area (Å²) in [6.07, 6.45) is 5.28. The number of likely N-dealkylation sites (N-methyl/N-ethyl adjacent to an activating group) is 1. The molecule has 1 aromatic rings. The number of nitrogens with one attached hydrogen (secondary N) is 1. The van der Waals surface area contributed by atoms with Crippen LogP contribution in [0.3, 0.4) is 0 Å². The van der Waals surface area contributed by atoms with Gasteiger partial charge in [-0.05, 0) is 54.7 Å². The maximum atomic E-state index is 13.3. The lowest BCUT2D eigenvalue weighted by molar-refractivity contribution is -0.153. The third-order valence-electron chi connectivity index (χ3n) is 7.38. The molecule has 1 amide bonds. The number of hydrogen-bond acceptors (Lipinski definition) is 7. The van der Waals surface area contributed by atoms with Crippen LogP contribution in [-0.4, -0.2) is 69.7 Å². The van der Waals surface area contributed by atoms with Crippen molar-refractivity contribution in [2.24, 2.45) is 22.2 Å². The molecule has 0 saturated carbocycles. The fourth-order valence-electron chi connectivity index (χ4n) is 5.36. The molecule has 4 aliphatic rings. The Balaban J connectivity index is 1.36. The summed E-state index contributed by atoms with van der Waals surface area (Å²) in [5.41, 5.74) is 2.60. The van der Waals surface area contributed by atoms with E-state index in [2.05, 4.69) is 33.9 Å². The first-order valence-electron chi connectivity index (χ1n) is 13.1. The molecule has 1 aromatic carbocycles. The summed E-state index contributed by atoms with van der Waals surface area (Å²) in [4.78, 5) is 13.3. The first-order chi connectivity index (χ1) is 18.3. The maximum absolute atomic E-state index is 13.3. The Morgan fingerprint density at radius 2 is 2.08 bits per heavy atom. The lowest BCUT2D eigenvalue weighted by atomic mass is 9.87. The Hall–Kier alpha value is -3.08. The molecule has 1 fully saturated rings. The van der Waals surface area contributed by atoms with E-state index in [1.165, 1.54) is 0 Å². The number of carbonyl (C=O) groups excluding carboxylic acids is 1. The third-order valence-corrected chi connectivity index (χ3v) is 7.38. The normalized spacial score (nSPS) is 23.3. The Morgan fingerprint density at radius 1 is 1.26 bits per heavy atom. The molecule has 5 rings (SSSR count). The average Bonchev–Trinajstić information content (AvgIpc) is 3.57. The number of ether oxygens (including phenoxy) is 3. The Morgan fingerprint density at radius 3 is 2.76 bits per heavy atom. The van der Waals surface area contributed by atoms with Crippen molar-refractivity contribution in [3.8, 4) is 11.5 Å². The molecule has 1 N–H and O–H groups in total. The van der Waals surface area contributed by atoms with Gasteiger partial charge in [-0.3, -0.25) is 9.80 Å². The highest BCUT2D eigenvalue weighted by Crippen LogP contribution is 2.42. The fourth-order valence-corrected chi connectivity index (χ4v) is 5.36. The minimum atomic E-state index is -4.52. The molecule has 0 bridgehead atoms. The molecule has 11 heteroatoms. The second-order valence-corrected chi connectivity index (χ2v) is 10.3. The van der Waals surface area contributed by atoms with E-state index >= 15 is 0 Å². The quantitative estimate of drug-likeness (QED) is 0.533. The number of benzene rings is 1. The molecule has 2 atom stereocenters. The van der Waals surface area contributed by atoms with Gasteiger partial charge in [0.05, 0.1) is 18.7 Å². The van der Waals surface area contributed by atoms with Gasteiger partial charge in [-0.15, -0.1) is 0 Å². The molecule has 0 aromatic heterocycles. The molecule has 0 spiro atoms. The number of carbonyl (C=O) groups is 1. The van der Waals surface area contributed by atoms with Crippen LogP contribution in [-0.2, 0) is 17.6 Å². The molecule has 2 unspecified atom stereocenters. The first-order valence-corrected chi connectivity index (χ1v) is 13.1. The van der Waals surface area contributed by atoms with Crippen molar-refractivity contribution in [3.63, 3.8) is 0 Å². The van der Waals surface area contributed by atoms with Crippen molar-refractivity contribution in [3.05, 3.63) is 46.6 Å². The van der Waals surface area contributed by atoms with Crippen LogP contribution in [0, 0.1) is 11.8 Å². The van der Waals surface area contributed by atoms with Gasteiger partial charge in [0.25, 0.3) is 5.91 Å². The zero-order valence-corrected chi connectivity index (χ0v) is 21.4. The lowest BCUT2D eigenvalue weighted by Gasteiger charge is -2.24. The van der Waals surface area contributed by atoms with Crippen molar-refractivity contribution in [1.29, 1.82) is 0 Å². The summed E-state index contributed by atoms with van der Waals surface area (Å²) in [7, 11) is 1.89. The monoisotopic (exact) mass is 534 g/mol. The van der Waals surface area contributed by atoms with Crippen molar-refractivity contribution >= 4 is 5.91 Å². The van der Waals surface area contributed by atoms with E-state index < -0.39 is 18.7 Å². The molecular formula is C27H33F3N4O4. The second kappa shape index (κ2) is 11.3. The number of amides is 1. The summed E-state index contributed by atoms with van der Waals surface area (Å²) in [6.45, 7) is 1.34. The van der Waals surface area contributed by atoms with Gasteiger partial charge in [0.1, 0.15) is 17.5 Å². The Kier molecular flexibility index (Phi) is 7.92. The van der Waals surface area contributed by atoms with Crippen LogP contribution in [0.4, 0.5) is 13.2 Å². The molecule has 38 heavy (non-hydrogen) atoms. The number of hydrogen-bond donors (Lipinski definition) is 1. The van der Waals surface area contributed by atoms with Gasteiger partial charge in [0.2, 0.25) is 0 Å². The van der Waals surface area contributed by atoms with E-state index in [0.717, 1.165) is 36.9 Å². The number of allylic oxidation sites excluding steroid dienone is 2. The minimum absolute atomic E-state index is 0.0277. The summed E-state index contributed by atoms with van der Waals surface area (Å²) in [6, 6.07) is 1.68. The topological polar surface area (TPSA) is 84.8 Å². The number of halogens is 3. The summed E-state index contributed by atoms with van der Waals surface area (Å²) >= 11 is 0. The van der Waals surface area contributed by atoms with E-state index in [0.29, 0.717) is 50.5 Å². The smallest absolute Gasteiger partial charge is 0.422 e. The van der Waals surface area contributed by atoms with Crippen molar-refractivity contribution in [2.45, 2.75) is 44.3 Å². The van der Waals surface area contributed by atoms with Gasteiger partial charge in [0, 0.05) is 38.8 Å². The SMILES string of the molecule is CN1CC(C2=CCC(Cc3cc(C(=O)NCC4CCOCC4)c(OCC(F)(F)F)c4c3OCC4)C=C2)N=N1. The van der Waals surface area contributed by atoms with Crippen molar-refractivity contribution in [2.75, 3.05) is 46.6 Å². The van der Waals surface area contributed by atoms with E-state index in [9.17, 15) is 18.0 Å². The van der Waals surface area contributed by atoms with Crippen molar-refractivity contribution in [1.82, 2.24) is 10.3 Å². The fraction of sp³-hybridized carbons (Fsp3) is 0.593. The number of fused-ring (bicyclic) bond motifs is 1. The summed E-state index contributed by atoms with van der Waals surface area (Å²) in [5, 5.41) is 13.1. The largest absolute Gasteiger partial charge is 0.493 e. The zero-order valence-electron chi connectivity index (χ0n) is 21.4. The van der Waals surface area contributed by atoms with Crippen LogP contribution in [0.25, 0.3) is 0 Å². The minimum Gasteiger partial charge on any atom is -0.493 e. The van der Waals surface area contributed by atoms with Crippen LogP contribution in [0.1, 0.15) is 40.7 Å². The van der Waals surface area contributed by atoms with Gasteiger partial charge in [-0.2, -0.15) is 18.3 Å². The summed E-state index contributed by atoms with van der Waals surface area (Å²) in [5.74, 6) is 0.514. The Bertz CT molecular complexity index is 1130. The molecule has 8 nitrogen and oxygen atoms in total. The van der Waals surface area contributed by atoms with Crippen LogP contribution in [0.5, 0.6) is 11.5 Å². The predicted octanol–water partition coefficient (Wildman–Crippen LogP) is 4.45. The van der Waals surface area contributed by atoms with Gasteiger partial charge < -0.3 is 19.5 Å². The van der Waals surface area contributed by atoms with Crippen LogP contribution >= 0.6 is 0 Å². The third kappa shape index (κ3) is 6.31. The molecule has 1 aliphatic carbocycles. The molecule has 3 aliphatic heterocycles. The van der Waals surface area contributed by atoms with Crippen LogP contribution in [0.2, 0.25) is 0 Å². The first kappa shape index (κ1) is 26.5. The highest BCUT2D eigenvalue weighted by atomic mass is 19.4. The van der Waals surface area contributed by atoms with Crippen LogP contribution < -0.4 is 14.8 Å². The number of rotatable bonds is 8. The molecule has 0 radical (unpaired) electrons. The van der Waals surface area contributed by atoms with Gasteiger partial charge in [-0.25, -0.2) is 0 Å². The standard InChI is InChI=1S/C27H33F3N4O4/c1-34-15-23(32-33-34)19-4-2-17(3-5-19)12-20-13-22(26(35)31-14-18-6-9-36-10-7-18)25(38-16-27(28,29)30)21-8-11-37-24(20)21/h2,4-5,13,17-18,23H,3,6-12,14-16H2,1H3,(H,31,35). The van der Waals surface area contributed by atoms with Gasteiger partial charge in [-0.1, -0.05) is 23.5 Å². The molecule has 3 heterocycles. The van der Waals surface area contributed by atoms with E-state index in [-0.39, 0.29) is 29.2 Å². The molecular weight excluding hydrogens is 501 g/mol. The lowest BCUT2D eigenvalue weighted by Crippen LogP contribution is -2.33. The maximum Gasteiger partial charge on any atom is 0.422 e. The van der Waals surface area contributed by atoms with Crippen molar-refractivity contribution < 1.29 is 32.2 Å². The summed E-state index contributed by atoms with van der Waals surface area (Å²) < 4.78 is 55.7. The van der Waals surface area contributed by atoms with Crippen LogP contribution in [0.15, 0.2) is 40.2 Å². The molecule has 206 valence electrons. The van der Waals surface area contributed by atoms with E-state index in [4.69, 9.17) is 14.2 Å². The predicted molar refractivity (Wildman–Crippen MR) is 133 cm³/mol. The van der Waals surface area contributed by atoms with E-state index in [1.54, 1.807) is 6.07 Å². The molecule has 1 saturated heterocycles. The highest BCUT2D eigenvalue weighted by Gasteiger charge is 2.33. The van der Waals surface area contributed by atoms with E-state index in [1.807, 2.05) is 12.1 Å². The average molecular weight is 535 g/mol. The zero-order chi connectivity index (χ0) is 26.7. The highest BCUT2D eigenvalue weighted by molar-refractivity contribution is 5.98. The Labute approximate surface area is 219 Å². The number of nitrogens with zero attached hydrogens (tertiary/aromatic N) is 3. The second-order valence-electron chi connectivity index (χ2n) is 10.3.